The summed E-state index contributed by atoms with van der Waals surface area (Å²) in [7, 11) is 0. The monoisotopic (exact) mass is 386 g/mol. The second kappa shape index (κ2) is 7.70. The predicted octanol–water partition coefficient (Wildman–Crippen LogP) is 3.06. The van der Waals surface area contributed by atoms with E-state index in [9.17, 15) is 4.79 Å². The lowest BCUT2D eigenvalue weighted by Gasteiger charge is -2.32. The lowest BCUT2D eigenvalue weighted by molar-refractivity contribution is 0.151. The number of aromatic amines is 1. The minimum Gasteiger partial charge on any atom is -0.351 e. The molecular formula is C19H23ClN6O. The number of halogens is 1. The van der Waals surface area contributed by atoms with Crippen LogP contribution in [0.5, 0.6) is 0 Å². The molecule has 0 bridgehead atoms. The highest BCUT2D eigenvalue weighted by Gasteiger charge is 2.19. The molecule has 3 aromatic rings. The smallest absolute Gasteiger partial charge is 0.274 e. The van der Waals surface area contributed by atoms with Crippen molar-refractivity contribution in [1.82, 2.24) is 24.5 Å². The minimum absolute atomic E-state index is 0.147. The molecule has 1 fully saturated rings. The van der Waals surface area contributed by atoms with Crippen molar-refractivity contribution in [2.45, 2.75) is 45.3 Å². The fourth-order valence-electron chi connectivity index (χ4n) is 3.48. The number of hydrogen-bond donors (Lipinski definition) is 2. The lowest BCUT2D eigenvalue weighted by Crippen LogP contribution is -2.37. The van der Waals surface area contributed by atoms with Crippen molar-refractivity contribution in [1.29, 1.82) is 0 Å². The first kappa shape index (κ1) is 18.0. The van der Waals surface area contributed by atoms with Gasteiger partial charge in [-0.3, -0.25) is 14.8 Å². The molecule has 1 atom stereocenters. The summed E-state index contributed by atoms with van der Waals surface area (Å²) in [6.45, 7) is 4.55. The largest absolute Gasteiger partial charge is 0.351 e. The van der Waals surface area contributed by atoms with E-state index >= 15 is 0 Å². The highest BCUT2D eigenvalue weighted by atomic mass is 35.5. The molecule has 0 spiro atoms. The van der Waals surface area contributed by atoms with E-state index in [-0.39, 0.29) is 5.56 Å². The van der Waals surface area contributed by atoms with E-state index in [0.29, 0.717) is 35.9 Å². The number of fused-ring (bicyclic) bond motifs is 1. The summed E-state index contributed by atoms with van der Waals surface area (Å²) in [5.74, 6) is 0.902. The maximum atomic E-state index is 12.4. The van der Waals surface area contributed by atoms with Crippen LogP contribution in [-0.4, -0.2) is 37.1 Å². The maximum absolute atomic E-state index is 12.4. The fraction of sp³-hybridized carbons (Fsp3) is 0.421. The molecule has 1 aliphatic rings. The first-order chi connectivity index (χ1) is 13.1. The number of likely N-dealkylation sites (tertiary alicyclic amines) is 1. The number of nitrogens with one attached hydrogen (secondary N) is 2. The van der Waals surface area contributed by atoms with Crippen molar-refractivity contribution in [3.05, 3.63) is 57.0 Å². The summed E-state index contributed by atoms with van der Waals surface area (Å²) in [5, 5.41) is 6.85. The van der Waals surface area contributed by atoms with Gasteiger partial charge in [0.05, 0.1) is 5.69 Å². The van der Waals surface area contributed by atoms with E-state index in [1.165, 1.54) is 23.8 Å². The molecule has 2 aromatic heterocycles. The quantitative estimate of drug-likeness (QED) is 0.704. The van der Waals surface area contributed by atoms with Crippen LogP contribution < -0.4 is 10.9 Å². The molecule has 1 aliphatic heterocycles. The van der Waals surface area contributed by atoms with Crippen molar-refractivity contribution in [2.75, 3.05) is 11.9 Å². The fourth-order valence-corrected chi connectivity index (χ4v) is 3.60. The Balaban J connectivity index is 1.50. The van der Waals surface area contributed by atoms with Gasteiger partial charge in [-0.05, 0) is 44.0 Å². The van der Waals surface area contributed by atoms with Crippen LogP contribution in [-0.2, 0) is 13.1 Å². The van der Waals surface area contributed by atoms with Gasteiger partial charge in [0.1, 0.15) is 0 Å². The Morgan fingerprint density at radius 1 is 1.26 bits per heavy atom. The average Bonchev–Trinajstić information content (AvgIpc) is 3.07. The normalized spacial score (nSPS) is 18.1. The van der Waals surface area contributed by atoms with Crippen LogP contribution in [0.1, 0.15) is 37.4 Å². The second-order valence-electron chi connectivity index (χ2n) is 7.09. The molecule has 3 heterocycles. The van der Waals surface area contributed by atoms with Crippen LogP contribution in [0.2, 0.25) is 5.02 Å². The van der Waals surface area contributed by atoms with Gasteiger partial charge in [0.2, 0.25) is 5.95 Å². The van der Waals surface area contributed by atoms with Gasteiger partial charge in [-0.2, -0.15) is 9.50 Å². The molecule has 4 rings (SSSR count). The minimum atomic E-state index is -0.147. The Morgan fingerprint density at radius 2 is 2.07 bits per heavy atom. The van der Waals surface area contributed by atoms with Crippen molar-refractivity contribution in [3.63, 3.8) is 0 Å². The number of aromatic nitrogens is 4. The number of rotatable bonds is 5. The molecule has 8 heteroatoms. The van der Waals surface area contributed by atoms with Crippen molar-refractivity contribution in [2.24, 2.45) is 0 Å². The molecule has 7 nitrogen and oxygen atoms in total. The Labute approximate surface area is 162 Å². The standard InChI is InChI=1S/C19H23ClN6O/c1-13-4-2-3-9-25(13)12-16-10-17(27)26-19(22-16)23-18(24-26)21-11-14-5-7-15(20)8-6-14/h5-8,10,13H,2-4,9,11-12H2,1H3,(H2,21,22,23,24)/t13-/m0/s1. The van der Waals surface area contributed by atoms with Gasteiger partial charge >= 0.3 is 0 Å². The van der Waals surface area contributed by atoms with Gasteiger partial charge in [0.25, 0.3) is 11.3 Å². The highest BCUT2D eigenvalue weighted by Crippen LogP contribution is 2.18. The zero-order valence-electron chi connectivity index (χ0n) is 15.3. The van der Waals surface area contributed by atoms with Crippen molar-refractivity contribution >= 4 is 23.3 Å². The number of piperidine rings is 1. The SMILES string of the molecule is C[C@H]1CCCCN1Cc1cc(=O)n2[nH]c(NCc3ccc(Cl)cc3)nc2n1. The molecule has 1 aromatic carbocycles. The summed E-state index contributed by atoms with van der Waals surface area (Å²) in [6, 6.07) is 9.69. The Kier molecular flexibility index (Phi) is 5.13. The van der Waals surface area contributed by atoms with Gasteiger partial charge in [0, 0.05) is 30.2 Å². The number of nitrogens with zero attached hydrogens (tertiary/aromatic N) is 4. The number of hydrogen-bond acceptors (Lipinski definition) is 5. The second-order valence-corrected chi connectivity index (χ2v) is 7.53. The third-order valence-electron chi connectivity index (χ3n) is 5.06. The van der Waals surface area contributed by atoms with E-state index in [0.717, 1.165) is 17.8 Å². The molecule has 142 valence electrons. The van der Waals surface area contributed by atoms with Crippen LogP contribution in [0, 0.1) is 0 Å². The number of anilines is 1. The molecule has 0 radical (unpaired) electrons. The van der Waals surface area contributed by atoms with E-state index in [1.807, 2.05) is 24.3 Å². The maximum Gasteiger partial charge on any atom is 0.274 e. The highest BCUT2D eigenvalue weighted by molar-refractivity contribution is 6.30. The number of H-pyrrole nitrogens is 1. The summed E-state index contributed by atoms with van der Waals surface area (Å²) in [6.07, 6.45) is 3.67. The van der Waals surface area contributed by atoms with Crippen LogP contribution in [0.4, 0.5) is 5.95 Å². The molecule has 27 heavy (non-hydrogen) atoms. The van der Waals surface area contributed by atoms with Gasteiger partial charge < -0.3 is 5.32 Å². The molecule has 0 unspecified atom stereocenters. The number of benzene rings is 1. The van der Waals surface area contributed by atoms with Gasteiger partial charge in [-0.1, -0.05) is 30.2 Å². The first-order valence-electron chi connectivity index (χ1n) is 9.29. The Hall–Kier alpha value is -2.38. The summed E-state index contributed by atoms with van der Waals surface area (Å²) in [5.41, 5.74) is 1.69. The lowest BCUT2D eigenvalue weighted by atomic mass is 10.0. The van der Waals surface area contributed by atoms with Crippen molar-refractivity contribution in [3.8, 4) is 0 Å². The molecular weight excluding hydrogens is 364 g/mol. The Bertz CT molecular complexity index is 980. The van der Waals surface area contributed by atoms with Crippen LogP contribution in [0.3, 0.4) is 0 Å². The van der Waals surface area contributed by atoms with Gasteiger partial charge in [-0.25, -0.2) is 4.98 Å². The van der Waals surface area contributed by atoms with Crippen LogP contribution >= 0.6 is 11.6 Å². The van der Waals surface area contributed by atoms with E-state index in [2.05, 4.69) is 32.2 Å². The average molecular weight is 387 g/mol. The molecule has 0 aliphatic carbocycles. The zero-order valence-corrected chi connectivity index (χ0v) is 16.0. The van der Waals surface area contributed by atoms with Gasteiger partial charge in [-0.15, -0.1) is 0 Å². The summed E-state index contributed by atoms with van der Waals surface area (Å²) in [4.78, 5) is 23.8. The molecule has 0 saturated carbocycles. The summed E-state index contributed by atoms with van der Waals surface area (Å²) >= 11 is 5.90. The van der Waals surface area contributed by atoms with E-state index in [4.69, 9.17) is 11.6 Å². The first-order valence-corrected chi connectivity index (χ1v) is 9.67. The van der Waals surface area contributed by atoms with Gasteiger partial charge in [0.15, 0.2) is 0 Å². The third kappa shape index (κ3) is 4.14. The third-order valence-corrected chi connectivity index (χ3v) is 5.31. The molecule has 1 saturated heterocycles. The van der Waals surface area contributed by atoms with E-state index < -0.39 is 0 Å². The predicted molar refractivity (Wildman–Crippen MR) is 106 cm³/mol. The van der Waals surface area contributed by atoms with E-state index in [1.54, 1.807) is 6.07 Å². The van der Waals surface area contributed by atoms with Crippen LogP contribution in [0.15, 0.2) is 35.1 Å². The summed E-state index contributed by atoms with van der Waals surface area (Å²) < 4.78 is 1.37. The van der Waals surface area contributed by atoms with Crippen molar-refractivity contribution < 1.29 is 0 Å². The van der Waals surface area contributed by atoms with Crippen LogP contribution in [0.25, 0.3) is 5.78 Å². The molecule has 2 N–H and O–H groups in total. The molecule has 0 amide bonds. The Morgan fingerprint density at radius 3 is 2.85 bits per heavy atom. The topological polar surface area (TPSA) is 78.3 Å². The zero-order chi connectivity index (χ0) is 18.8.